The Balaban J connectivity index is 1.59. The van der Waals surface area contributed by atoms with Crippen LogP contribution in [0, 0.1) is 20.2 Å². The van der Waals surface area contributed by atoms with Crippen molar-refractivity contribution in [2.24, 2.45) is 0 Å². The summed E-state index contributed by atoms with van der Waals surface area (Å²) in [6.07, 6.45) is 2.88. The quantitative estimate of drug-likeness (QED) is 0.343. The first-order valence-corrected chi connectivity index (χ1v) is 12.9. The molecule has 0 atom stereocenters. The number of carboxylic acid groups (broad SMARTS) is 1. The predicted molar refractivity (Wildman–Crippen MR) is 140 cm³/mol. The van der Waals surface area contributed by atoms with Gasteiger partial charge in [-0.25, -0.2) is 0 Å². The SMILES string of the molecule is O=C(O)CCN1C2=C(C(=O)CCC2)C(c2cccc(Oc3ccc([N+](=O)[O-])cc3[N+](=O)[O-])c2)C2=C1CCCC2=O. The van der Waals surface area contributed by atoms with E-state index in [9.17, 15) is 39.7 Å². The van der Waals surface area contributed by atoms with Gasteiger partial charge in [-0.05, 0) is 49.4 Å². The van der Waals surface area contributed by atoms with E-state index in [1.54, 1.807) is 24.3 Å². The Hall–Kier alpha value is -4.87. The summed E-state index contributed by atoms with van der Waals surface area (Å²) in [5.41, 5.74) is 2.00. The molecular weight excluding hydrogens is 522 g/mol. The number of carboxylic acids is 1. The molecule has 0 bridgehead atoms. The maximum Gasteiger partial charge on any atom is 0.318 e. The molecule has 0 saturated carbocycles. The molecule has 2 aromatic rings. The number of ether oxygens (including phenoxy) is 1. The lowest BCUT2D eigenvalue weighted by Gasteiger charge is -2.44. The minimum Gasteiger partial charge on any atom is -0.481 e. The van der Waals surface area contributed by atoms with Crippen LogP contribution in [0.5, 0.6) is 11.5 Å². The van der Waals surface area contributed by atoms with Gasteiger partial charge in [0.25, 0.3) is 5.69 Å². The van der Waals surface area contributed by atoms with E-state index in [1.807, 2.05) is 4.90 Å². The van der Waals surface area contributed by atoms with Crippen LogP contribution in [0.4, 0.5) is 11.4 Å². The maximum atomic E-state index is 13.4. The lowest BCUT2D eigenvalue weighted by molar-refractivity contribution is -0.394. The summed E-state index contributed by atoms with van der Waals surface area (Å²) in [7, 11) is 0. The van der Waals surface area contributed by atoms with E-state index >= 15 is 0 Å². The molecule has 0 amide bonds. The molecule has 0 unspecified atom stereocenters. The fourth-order valence-electron chi connectivity index (χ4n) is 5.76. The van der Waals surface area contributed by atoms with Crippen LogP contribution in [0.25, 0.3) is 0 Å². The molecule has 0 fully saturated rings. The molecule has 206 valence electrons. The molecule has 0 aromatic heterocycles. The number of allylic oxidation sites excluding steroid dienone is 4. The minimum absolute atomic E-state index is 0.103. The van der Waals surface area contributed by atoms with Gasteiger partial charge in [-0.1, -0.05) is 12.1 Å². The summed E-state index contributed by atoms with van der Waals surface area (Å²) >= 11 is 0. The van der Waals surface area contributed by atoms with Gasteiger partial charge >= 0.3 is 11.7 Å². The van der Waals surface area contributed by atoms with Crippen LogP contribution in [0.1, 0.15) is 56.4 Å². The zero-order valence-electron chi connectivity index (χ0n) is 21.3. The summed E-state index contributed by atoms with van der Waals surface area (Å²) in [5.74, 6) is -1.86. The molecule has 3 aliphatic rings. The number of nitrogens with zero attached hydrogens (tertiary/aromatic N) is 3. The molecule has 1 aliphatic heterocycles. The third-order valence-electron chi connectivity index (χ3n) is 7.40. The number of nitro benzene ring substituents is 2. The molecule has 12 heteroatoms. The van der Waals surface area contributed by atoms with Crippen molar-refractivity contribution < 1.29 is 34.1 Å². The smallest absolute Gasteiger partial charge is 0.318 e. The summed E-state index contributed by atoms with van der Waals surface area (Å²) in [6.45, 7) is 0.160. The lowest BCUT2D eigenvalue weighted by Crippen LogP contribution is -2.39. The summed E-state index contributed by atoms with van der Waals surface area (Å²) in [6, 6.07) is 9.67. The average Bonchev–Trinajstić information content (AvgIpc) is 2.91. The normalized spacial score (nSPS) is 17.4. The van der Waals surface area contributed by atoms with Crippen LogP contribution in [0.2, 0.25) is 0 Å². The number of carbonyl (C=O) groups excluding carboxylic acids is 2. The number of non-ortho nitro benzene ring substituents is 1. The molecule has 0 saturated heterocycles. The molecule has 12 nitrogen and oxygen atoms in total. The van der Waals surface area contributed by atoms with Gasteiger partial charge in [0.2, 0.25) is 5.75 Å². The Morgan fingerprint density at radius 3 is 2.15 bits per heavy atom. The van der Waals surface area contributed by atoms with Crippen molar-refractivity contribution in [2.45, 2.75) is 50.9 Å². The monoisotopic (exact) mass is 547 g/mol. The van der Waals surface area contributed by atoms with E-state index in [0.29, 0.717) is 55.2 Å². The molecule has 2 aliphatic carbocycles. The molecule has 0 spiro atoms. The third kappa shape index (κ3) is 4.95. The van der Waals surface area contributed by atoms with Crippen LogP contribution < -0.4 is 4.74 Å². The van der Waals surface area contributed by atoms with E-state index in [1.165, 1.54) is 0 Å². The number of Topliss-reactive ketones (excluding diaryl/α,β-unsaturated/α-hetero) is 2. The highest BCUT2D eigenvalue weighted by molar-refractivity contribution is 6.06. The minimum atomic E-state index is -0.971. The first-order chi connectivity index (χ1) is 19.2. The number of rotatable bonds is 8. The molecule has 40 heavy (non-hydrogen) atoms. The fourth-order valence-corrected chi connectivity index (χ4v) is 5.76. The van der Waals surface area contributed by atoms with E-state index in [-0.39, 0.29) is 36.0 Å². The van der Waals surface area contributed by atoms with Gasteiger partial charge in [0.1, 0.15) is 5.75 Å². The van der Waals surface area contributed by atoms with Gasteiger partial charge in [-0.2, -0.15) is 0 Å². The van der Waals surface area contributed by atoms with Crippen molar-refractivity contribution >= 4 is 28.9 Å². The van der Waals surface area contributed by atoms with Gasteiger partial charge < -0.3 is 14.7 Å². The first-order valence-electron chi connectivity index (χ1n) is 12.9. The van der Waals surface area contributed by atoms with Crippen LogP contribution in [0.3, 0.4) is 0 Å². The van der Waals surface area contributed by atoms with E-state index in [4.69, 9.17) is 4.74 Å². The van der Waals surface area contributed by atoms with Gasteiger partial charge in [0, 0.05) is 53.9 Å². The number of hydrogen-bond donors (Lipinski definition) is 1. The highest BCUT2D eigenvalue weighted by atomic mass is 16.6. The van der Waals surface area contributed by atoms with Crippen molar-refractivity contribution in [3.63, 3.8) is 0 Å². The van der Waals surface area contributed by atoms with E-state index < -0.39 is 33.1 Å². The topological polar surface area (TPSA) is 170 Å². The number of benzene rings is 2. The zero-order chi connectivity index (χ0) is 28.6. The van der Waals surface area contributed by atoms with E-state index in [0.717, 1.165) is 29.6 Å². The molecule has 5 rings (SSSR count). The molecule has 1 N–H and O–H groups in total. The summed E-state index contributed by atoms with van der Waals surface area (Å²) in [5, 5.41) is 32.0. The zero-order valence-corrected chi connectivity index (χ0v) is 21.3. The number of hydrogen-bond acceptors (Lipinski definition) is 9. The lowest BCUT2D eigenvalue weighted by atomic mass is 9.71. The van der Waals surface area contributed by atoms with Crippen molar-refractivity contribution in [1.82, 2.24) is 4.90 Å². The number of carbonyl (C=O) groups is 3. The predicted octanol–water partition coefficient (Wildman–Crippen LogP) is 5.18. The Morgan fingerprint density at radius 2 is 1.57 bits per heavy atom. The summed E-state index contributed by atoms with van der Waals surface area (Å²) in [4.78, 5) is 61.2. The molecular formula is C28H25N3O9. The Kier molecular flexibility index (Phi) is 7.16. The number of ketones is 2. The Bertz CT molecular complexity index is 1480. The molecule has 1 heterocycles. The second kappa shape index (κ2) is 10.7. The van der Waals surface area contributed by atoms with Gasteiger partial charge in [0.15, 0.2) is 11.6 Å². The fraction of sp³-hybridized carbons (Fsp3) is 0.321. The van der Waals surface area contributed by atoms with Crippen molar-refractivity contribution in [3.8, 4) is 11.5 Å². The van der Waals surface area contributed by atoms with Crippen molar-refractivity contribution in [3.05, 3.63) is 90.8 Å². The molecule has 2 aromatic carbocycles. The van der Waals surface area contributed by atoms with Crippen LogP contribution >= 0.6 is 0 Å². The average molecular weight is 548 g/mol. The highest BCUT2D eigenvalue weighted by Gasteiger charge is 2.43. The van der Waals surface area contributed by atoms with Gasteiger partial charge in [-0.3, -0.25) is 34.6 Å². The summed E-state index contributed by atoms with van der Waals surface area (Å²) < 4.78 is 5.81. The second-order valence-corrected chi connectivity index (χ2v) is 9.84. The van der Waals surface area contributed by atoms with Crippen LogP contribution in [-0.4, -0.2) is 43.9 Å². The molecule has 0 radical (unpaired) electrons. The second-order valence-electron chi connectivity index (χ2n) is 9.84. The largest absolute Gasteiger partial charge is 0.481 e. The number of nitro groups is 2. The van der Waals surface area contributed by atoms with Crippen molar-refractivity contribution in [2.75, 3.05) is 6.54 Å². The Morgan fingerprint density at radius 1 is 0.925 bits per heavy atom. The Labute approximate surface area is 227 Å². The standard InChI is InChI=1S/C28H25N3O9/c32-22-8-2-6-19-27(22)26(28-20(7-3-9-23(28)33)29(19)13-12-25(34)35)16-4-1-5-18(14-16)40-24-11-10-17(30(36)37)15-21(24)31(38)39/h1,4-5,10-11,14-15,26H,2-3,6-9,12-13H2,(H,34,35). The van der Waals surface area contributed by atoms with Crippen LogP contribution in [0.15, 0.2) is 65.0 Å². The van der Waals surface area contributed by atoms with Gasteiger partial charge in [0.05, 0.1) is 22.3 Å². The van der Waals surface area contributed by atoms with Crippen LogP contribution in [-0.2, 0) is 14.4 Å². The maximum absolute atomic E-state index is 13.4. The van der Waals surface area contributed by atoms with Crippen molar-refractivity contribution in [1.29, 1.82) is 0 Å². The number of aliphatic carboxylic acids is 1. The van der Waals surface area contributed by atoms with E-state index in [2.05, 4.69) is 0 Å². The van der Waals surface area contributed by atoms with Gasteiger partial charge in [-0.15, -0.1) is 0 Å². The third-order valence-corrected chi connectivity index (χ3v) is 7.40. The highest BCUT2D eigenvalue weighted by Crippen LogP contribution is 2.49. The first kappa shape index (κ1) is 26.7.